The molecule has 0 spiro atoms. The maximum Gasteiger partial charge on any atom is 0.119 e. The lowest BCUT2D eigenvalue weighted by Crippen LogP contribution is -2.06. The van der Waals surface area contributed by atoms with Crippen LogP contribution in [0.1, 0.15) is 5.56 Å². The molecule has 0 aliphatic rings. The highest BCUT2D eigenvalue weighted by Gasteiger charge is 2.16. The Morgan fingerprint density at radius 1 is 0.538 bits per heavy atom. The molecule has 1 unspecified atom stereocenters. The Bertz CT molecular complexity index is 1790. The van der Waals surface area contributed by atoms with Crippen LogP contribution in [0.4, 0.5) is 0 Å². The van der Waals surface area contributed by atoms with Crippen LogP contribution in [-0.4, -0.2) is 7.11 Å². The van der Waals surface area contributed by atoms with Crippen molar-refractivity contribution in [3.63, 3.8) is 0 Å². The van der Waals surface area contributed by atoms with E-state index in [0.29, 0.717) is 8.58 Å². The van der Waals surface area contributed by atoms with Gasteiger partial charge in [0.25, 0.3) is 0 Å². The van der Waals surface area contributed by atoms with Crippen LogP contribution >= 0.6 is 8.58 Å². The van der Waals surface area contributed by atoms with Gasteiger partial charge in [0.15, 0.2) is 0 Å². The van der Waals surface area contributed by atoms with E-state index < -0.39 is 0 Å². The smallest absolute Gasteiger partial charge is 0.119 e. The van der Waals surface area contributed by atoms with Crippen LogP contribution in [0, 0.1) is 0 Å². The summed E-state index contributed by atoms with van der Waals surface area (Å²) >= 11 is 0. The average Bonchev–Trinajstić information content (AvgIpc) is 3.01. The van der Waals surface area contributed by atoms with Crippen molar-refractivity contribution in [1.82, 2.24) is 0 Å². The third kappa shape index (κ3) is 4.90. The maximum atomic E-state index is 5.57. The number of hydrogen-bond acceptors (Lipinski definition) is 1. The second-order valence-corrected chi connectivity index (χ2v) is 10.8. The molecule has 6 aromatic rings. The van der Waals surface area contributed by atoms with Gasteiger partial charge in [0, 0.05) is 0 Å². The Morgan fingerprint density at radius 2 is 1.10 bits per heavy atom. The van der Waals surface area contributed by atoms with Crippen LogP contribution in [0.15, 0.2) is 140 Å². The molecule has 1 nitrogen and oxygen atoms in total. The van der Waals surface area contributed by atoms with Crippen LogP contribution in [0.3, 0.4) is 0 Å². The van der Waals surface area contributed by atoms with Gasteiger partial charge in [-0.15, -0.1) is 0 Å². The summed E-state index contributed by atoms with van der Waals surface area (Å²) in [5, 5.41) is 5.13. The van der Waals surface area contributed by atoms with E-state index >= 15 is 0 Å². The summed E-state index contributed by atoms with van der Waals surface area (Å²) in [7, 11) is 2.30. The van der Waals surface area contributed by atoms with E-state index in [4.69, 9.17) is 4.74 Å². The van der Waals surface area contributed by atoms with Crippen LogP contribution in [0.25, 0.3) is 50.2 Å². The maximum absolute atomic E-state index is 5.57. The molecule has 1 atom stereocenters. The summed E-state index contributed by atoms with van der Waals surface area (Å²) in [6.45, 7) is 4.06. The van der Waals surface area contributed by atoms with Crippen molar-refractivity contribution in [2.45, 2.75) is 0 Å². The molecule has 0 aliphatic heterocycles. The van der Waals surface area contributed by atoms with Gasteiger partial charge in [0.05, 0.1) is 7.11 Å². The van der Waals surface area contributed by atoms with E-state index in [-0.39, 0.29) is 0 Å². The molecule has 0 bridgehead atoms. The topological polar surface area (TPSA) is 9.23 Å². The van der Waals surface area contributed by atoms with Crippen LogP contribution in [0.5, 0.6) is 5.75 Å². The summed E-state index contributed by atoms with van der Waals surface area (Å²) in [4.78, 5) is 0. The first-order valence-corrected chi connectivity index (χ1v) is 14.1. The van der Waals surface area contributed by atoms with Gasteiger partial charge in [-0.1, -0.05) is 143 Å². The van der Waals surface area contributed by atoms with Gasteiger partial charge in [-0.05, 0) is 72.5 Å². The second kappa shape index (κ2) is 11.1. The van der Waals surface area contributed by atoms with Crippen molar-refractivity contribution >= 4 is 36.0 Å². The van der Waals surface area contributed by atoms with Gasteiger partial charge in [0.2, 0.25) is 0 Å². The van der Waals surface area contributed by atoms with Crippen molar-refractivity contribution in [3.05, 3.63) is 146 Å². The molecular weight excluding hydrogens is 491 g/mol. The fraction of sp³-hybridized carbons (Fsp3) is 0.0270. The third-order valence-electron chi connectivity index (χ3n) is 7.18. The van der Waals surface area contributed by atoms with E-state index in [0.717, 1.165) is 16.9 Å². The number of rotatable bonds is 7. The van der Waals surface area contributed by atoms with E-state index in [2.05, 4.69) is 134 Å². The standard InChI is InChI=1S/C37H29OP/c1-3-26-21-22-27(38-2)25-36(26)34-24-23-33(29-15-7-8-16-30(29)34)31-17-9-10-18-32(31)35-19-11-12-20-37(35)39-28-13-5-4-6-14-28/h3-25,39H,1H2,2H3. The molecule has 6 rings (SSSR count). The van der Waals surface area contributed by atoms with Crippen molar-refractivity contribution in [2.24, 2.45) is 0 Å². The predicted octanol–water partition coefficient (Wildman–Crippen LogP) is 9.12. The lowest BCUT2D eigenvalue weighted by molar-refractivity contribution is 0.415. The number of ether oxygens (including phenoxy) is 1. The Labute approximate surface area is 232 Å². The summed E-state index contributed by atoms with van der Waals surface area (Å²) < 4.78 is 5.57. The Kier molecular flexibility index (Phi) is 7.09. The van der Waals surface area contributed by atoms with Crippen molar-refractivity contribution in [3.8, 4) is 39.1 Å². The monoisotopic (exact) mass is 520 g/mol. The van der Waals surface area contributed by atoms with E-state index in [1.165, 1.54) is 49.2 Å². The van der Waals surface area contributed by atoms with Crippen molar-refractivity contribution in [2.75, 3.05) is 7.11 Å². The first-order valence-electron chi connectivity index (χ1n) is 13.1. The van der Waals surface area contributed by atoms with Crippen molar-refractivity contribution in [1.29, 1.82) is 0 Å². The second-order valence-electron chi connectivity index (χ2n) is 9.45. The van der Waals surface area contributed by atoms with Gasteiger partial charge >= 0.3 is 0 Å². The largest absolute Gasteiger partial charge is 0.497 e. The molecule has 188 valence electrons. The molecule has 2 heteroatoms. The van der Waals surface area contributed by atoms with E-state index in [1.807, 2.05) is 12.1 Å². The normalized spacial score (nSPS) is 11.2. The lowest BCUT2D eigenvalue weighted by Gasteiger charge is -2.18. The fourth-order valence-corrected chi connectivity index (χ4v) is 6.50. The molecule has 0 saturated carbocycles. The van der Waals surface area contributed by atoms with Gasteiger partial charge in [-0.3, -0.25) is 0 Å². The SMILES string of the molecule is C=Cc1ccc(OC)cc1-c1ccc(-c2ccccc2-c2ccccc2Pc2ccccc2)c2ccccc12. The van der Waals surface area contributed by atoms with Crippen LogP contribution in [0.2, 0.25) is 0 Å². The Balaban J connectivity index is 1.53. The van der Waals surface area contributed by atoms with Crippen LogP contribution < -0.4 is 15.3 Å². The zero-order valence-corrected chi connectivity index (χ0v) is 22.9. The molecule has 0 fully saturated rings. The molecule has 0 N–H and O–H groups in total. The highest BCUT2D eigenvalue weighted by Crippen LogP contribution is 2.41. The number of methoxy groups -OCH3 is 1. The van der Waals surface area contributed by atoms with E-state index in [1.54, 1.807) is 7.11 Å². The number of fused-ring (bicyclic) bond motifs is 1. The summed E-state index contributed by atoms with van der Waals surface area (Å²) in [6, 6.07) is 47.7. The van der Waals surface area contributed by atoms with Crippen molar-refractivity contribution < 1.29 is 4.74 Å². The van der Waals surface area contributed by atoms with Gasteiger partial charge in [-0.2, -0.15) is 0 Å². The van der Waals surface area contributed by atoms with E-state index in [9.17, 15) is 0 Å². The number of benzene rings is 6. The molecule has 0 heterocycles. The predicted molar refractivity (Wildman–Crippen MR) is 171 cm³/mol. The summed E-state index contributed by atoms with van der Waals surface area (Å²) in [5.41, 5.74) is 8.38. The molecule has 0 saturated heterocycles. The Morgan fingerprint density at radius 3 is 1.77 bits per heavy atom. The zero-order chi connectivity index (χ0) is 26.6. The molecule has 39 heavy (non-hydrogen) atoms. The van der Waals surface area contributed by atoms with Gasteiger partial charge in [0.1, 0.15) is 5.75 Å². The third-order valence-corrected chi connectivity index (χ3v) is 8.51. The average molecular weight is 521 g/mol. The minimum atomic E-state index is 0.591. The highest BCUT2D eigenvalue weighted by atomic mass is 31.1. The first kappa shape index (κ1) is 24.9. The minimum absolute atomic E-state index is 0.591. The van der Waals surface area contributed by atoms with Crippen LogP contribution in [-0.2, 0) is 0 Å². The molecule has 0 aromatic heterocycles. The minimum Gasteiger partial charge on any atom is -0.497 e. The first-order chi connectivity index (χ1) is 19.3. The zero-order valence-electron chi connectivity index (χ0n) is 21.9. The quantitative estimate of drug-likeness (QED) is 0.191. The molecule has 0 amide bonds. The highest BCUT2D eigenvalue weighted by molar-refractivity contribution is 7.55. The molecule has 0 radical (unpaired) electrons. The molecule has 0 aliphatic carbocycles. The molecule has 6 aromatic carbocycles. The van der Waals surface area contributed by atoms with Gasteiger partial charge < -0.3 is 4.74 Å². The number of hydrogen-bond donors (Lipinski definition) is 0. The fourth-order valence-electron chi connectivity index (χ4n) is 5.30. The lowest BCUT2D eigenvalue weighted by atomic mass is 9.87. The molecular formula is C37H29OP. The summed E-state index contributed by atoms with van der Waals surface area (Å²) in [6.07, 6.45) is 1.91. The van der Waals surface area contributed by atoms with Gasteiger partial charge in [-0.25, -0.2) is 0 Å². The Hall–Kier alpha value is -4.45. The summed E-state index contributed by atoms with van der Waals surface area (Å²) in [5.74, 6) is 0.838.